The molecule has 1 heterocycles. The van der Waals surface area contributed by atoms with Crippen molar-refractivity contribution >= 4 is 23.0 Å². The van der Waals surface area contributed by atoms with Gasteiger partial charge >= 0.3 is 0 Å². The number of aromatic nitrogens is 1. The Morgan fingerprint density at radius 2 is 1.80 bits per heavy atom. The van der Waals surface area contributed by atoms with Crippen molar-refractivity contribution in [2.24, 2.45) is 0 Å². The van der Waals surface area contributed by atoms with Crippen molar-refractivity contribution < 1.29 is 4.74 Å². The molecule has 0 aliphatic rings. The number of benzene rings is 1. The van der Waals surface area contributed by atoms with E-state index in [2.05, 4.69) is 22.5 Å². The normalized spacial score (nSPS) is 11.5. The van der Waals surface area contributed by atoms with Crippen molar-refractivity contribution in [1.82, 2.24) is 10.3 Å². The van der Waals surface area contributed by atoms with Crippen molar-refractivity contribution in [3.8, 4) is 5.75 Å². The van der Waals surface area contributed by atoms with Gasteiger partial charge < -0.3 is 15.4 Å². The average Bonchev–Trinajstić information content (AvgIpc) is 2.48. The van der Waals surface area contributed by atoms with E-state index >= 15 is 0 Å². The second-order valence-electron chi connectivity index (χ2n) is 4.33. The van der Waals surface area contributed by atoms with Gasteiger partial charge in [-0.3, -0.25) is 4.98 Å². The van der Waals surface area contributed by atoms with Crippen LogP contribution in [-0.4, -0.2) is 17.2 Å². The van der Waals surface area contributed by atoms with Crippen LogP contribution in [-0.2, 0) is 0 Å². The molecule has 0 fully saturated rings. The van der Waals surface area contributed by atoms with Gasteiger partial charge in [0.2, 0.25) is 0 Å². The maximum Gasteiger partial charge on any atom is 0.171 e. The number of ether oxygens (including phenoxy) is 1. The van der Waals surface area contributed by atoms with Gasteiger partial charge in [-0.15, -0.1) is 0 Å². The summed E-state index contributed by atoms with van der Waals surface area (Å²) in [5, 5.41) is 6.94. The van der Waals surface area contributed by atoms with E-state index in [0.717, 1.165) is 17.0 Å². The summed E-state index contributed by atoms with van der Waals surface area (Å²) in [7, 11) is 1.66. The number of nitrogens with zero attached hydrogens (tertiary/aromatic N) is 1. The molecule has 1 atom stereocenters. The molecule has 0 saturated carbocycles. The second-order valence-corrected chi connectivity index (χ2v) is 4.74. The molecule has 0 aliphatic heterocycles. The van der Waals surface area contributed by atoms with E-state index in [9.17, 15) is 0 Å². The second kappa shape index (κ2) is 6.86. The molecule has 1 aromatic heterocycles. The minimum atomic E-state index is 0.114. The Morgan fingerprint density at radius 3 is 2.40 bits per heavy atom. The van der Waals surface area contributed by atoms with Crippen LogP contribution in [0, 0.1) is 0 Å². The molecule has 2 aromatic rings. The third kappa shape index (κ3) is 3.93. The van der Waals surface area contributed by atoms with E-state index in [1.807, 2.05) is 36.4 Å². The first-order valence-electron chi connectivity index (χ1n) is 6.30. The van der Waals surface area contributed by atoms with Crippen LogP contribution >= 0.6 is 12.2 Å². The first-order chi connectivity index (χ1) is 9.69. The highest BCUT2D eigenvalue weighted by molar-refractivity contribution is 7.80. The highest BCUT2D eigenvalue weighted by Gasteiger charge is 2.07. The molecule has 0 amide bonds. The highest BCUT2D eigenvalue weighted by atomic mass is 32.1. The van der Waals surface area contributed by atoms with Crippen molar-refractivity contribution in [3.05, 3.63) is 54.4 Å². The summed E-state index contributed by atoms with van der Waals surface area (Å²) < 4.78 is 5.14. The van der Waals surface area contributed by atoms with E-state index < -0.39 is 0 Å². The third-order valence-corrected chi connectivity index (χ3v) is 3.12. The summed E-state index contributed by atoms with van der Waals surface area (Å²) in [6.07, 6.45) is 3.44. The number of rotatable bonds is 4. The first-order valence-corrected chi connectivity index (χ1v) is 6.71. The fraction of sp³-hybridized carbons (Fsp3) is 0.200. The van der Waals surface area contributed by atoms with Crippen molar-refractivity contribution in [2.45, 2.75) is 13.0 Å². The summed E-state index contributed by atoms with van der Waals surface area (Å²) >= 11 is 5.29. The van der Waals surface area contributed by atoms with E-state index in [1.165, 1.54) is 0 Å². The van der Waals surface area contributed by atoms with E-state index in [-0.39, 0.29) is 6.04 Å². The quantitative estimate of drug-likeness (QED) is 0.846. The summed E-state index contributed by atoms with van der Waals surface area (Å²) in [4.78, 5) is 3.96. The molecule has 104 valence electrons. The minimum absolute atomic E-state index is 0.114. The SMILES string of the molecule is COc1ccc(C(C)NC(=S)Nc2ccncc2)cc1. The zero-order valence-electron chi connectivity index (χ0n) is 11.5. The lowest BCUT2D eigenvalue weighted by Gasteiger charge is -2.17. The summed E-state index contributed by atoms with van der Waals surface area (Å²) in [6.45, 7) is 2.06. The minimum Gasteiger partial charge on any atom is -0.497 e. The monoisotopic (exact) mass is 287 g/mol. The molecule has 5 heteroatoms. The standard InChI is InChI=1S/C15H17N3OS/c1-11(12-3-5-14(19-2)6-4-12)17-15(20)18-13-7-9-16-10-8-13/h3-11H,1-2H3,(H2,16,17,18,20). The van der Waals surface area contributed by atoms with Crippen LogP contribution in [0.1, 0.15) is 18.5 Å². The van der Waals surface area contributed by atoms with Gasteiger partial charge in [0.25, 0.3) is 0 Å². The molecule has 0 radical (unpaired) electrons. The molecule has 0 saturated heterocycles. The zero-order valence-corrected chi connectivity index (χ0v) is 12.3. The Balaban J connectivity index is 1.93. The number of pyridine rings is 1. The molecule has 4 nitrogen and oxygen atoms in total. The predicted molar refractivity (Wildman–Crippen MR) is 85.0 cm³/mol. The average molecular weight is 287 g/mol. The maximum absolute atomic E-state index is 5.29. The van der Waals surface area contributed by atoms with Crippen molar-refractivity contribution in [1.29, 1.82) is 0 Å². The lowest BCUT2D eigenvalue weighted by molar-refractivity contribution is 0.414. The van der Waals surface area contributed by atoms with Gasteiger partial charge in [-0.05, 0) is 49.0 Å². The van der Waals surface area contributed by atoms with E-state index in [0.29, 0.717) is 5.11 Å². The van der Waals surface area contributed by atoms with Crippen LogP contribution in [0.25, 0.3) is 0 Å². The van der Waals surface area contributed by atoms with Crippen LogP contribution in [0.15, 0.2) is 48.8 Å². The van der Waals surface area contributed by atoms with Gasteiger partial charge in [-0.25, -0.2) is 0 Å². The molecule has 1 unspecified atom stereocenters. The summed E-state index contributed by atoms with van der Waals surface area (Å²) in [6, 6.07) is 11.8. The number of hydrogen-bond donors (Lipinski definition) is 2. The van der Waals surface area contributed by atoms with Gasteiger partial charge in [0, 0.05) is 18.1 Å². The maximum atomic E-state index is 5.29. The van der Waals surface area contributed by atoms with E-state index in [4.69, 9.17) is 17.0 Å². The van der Waals surface area contributed by atoms with Crippen molar-refractivity contribution in [3.63, 3.8) is 0 Å². The number of nitrogens with one attached hydrogen (secondary N) is 2. The number of methoxy groups -OCH3 is 1. The van der Waals surface area contributed by atoms with Gasteiger partial charge in [0.05, 0.1) is 13.2 Å². The van der Waals surface area contributed by atoms with Gasteiger partial charge in [0.1, 0.15) is 5.75 Å². The molecular weight excluding hydrogens is 270 g/mol. The fourth-order valence-electron chi connectivity index (χ4n) is 1.77. The van der Waals surface area contributed by atoms with Crippen molar-refractivity contribution in [2.75, 3.05) is 12.4 Å². The summed E-state index contributed by atoms with van der Waals surface area (Å²) in [5.41, 5.74) is 2.06. The van der Waals surface area contributed by atoms with Crippen LogP contribution in [0.3, 0.4) is 0 Å². The smallest absolute Gasteiger partial charge is 0.171 e. The predicted octanol–water partition coefficient (Wildman–Crippen LogP) is 3.14. The van der Waals surface area contributed by atoms with Crippen LogP contribution in [0.4, 0.5) is 5.69 Å². The third-order valence-electron chi connectivity index (χ3n) is 2.90. The number of anilines is 1. The Bertz CT molecular complexity index is 557. The number of thiocarbonyl (C=S) groups is 1. The zero-order chi connectivity index (χ0) is 14.4. The Hall–Kier alpha value is -2.14. The first kappa shape index (κ1) is 14.3. The highest BCUT2D eigenvalue weighted by Crippen LogP contribution is 2.17. The van der Waals surface area contributed by atoms with Gasteiger partial charge in [-0.2, -0.15) is 0 Å². The van der Waals surface area contributed by atoms with Gasteiger partial charge in [0.15, 0.2) is 5.11 Å². The Morgan fingerprint density at radius 1 is 1.15 bits per heavy atom. The van der Waals surface area contributed by atoms with Crippen LogP contribution in [0.2, 0.25) is 0 Å². The molecule has 0 spiro atoms. The lowest BCUT2D eigenvalue weighted by Crippen LogP contribution is -2.30. The fourth-order valence-corrected chi connectivity index (χ4v) is 2.07. The Labute approximate surface area is 124 Å². The molecule has 1 aromatic carbocycles. The van der Waals surface area contributed by atoms with Crippen LogP contribution in [0.5, 0.6) is 5.75 Å². The lowest BCUT2D eigenvalue weighted by atomic mass is 10.1. The molecule has 2 rings (SSSR count). The molecule has 0 aliphatic carbocycles. The molecular formula is C15H17N3OS. The number of hydrogen-bond acceptors (Lipinski definition) is 3. The van der Waals surface area contributed by atoms with Gasteiger partial charge in [-0.1, -0.05) is 12.1 Å². The molecule has 2 N–H and O–H groups in total. The largest absolute Gasteiger partial charge is 0.497 e. The van der Waals surface area contributed by atoms with Crippen LogP contribution < -0.4 is 15.4 Å². The Kier molecular flexibility index (Phi) is 4.90. The molecule has 20 heavy (non-hydrogen) atoms. The topological polar surface area (TPSA) is 46.2 Å². The van der Waals surface area contributed by atoms with E-state index in [1.54, 1.807) is 19.5 Å². The molecule has 0 bridgehead atoms. The summed E-state index contributed by atoms with van der Waals surface area (Å²) in [5.74, 6) is 0.846.